The van der Waals surface area contributed by atoms with Crippen LogP contribution in [0.25, 0.3) is 12.2 Å². The molecule has 0 bridgehead atoms. The lowest BCUT2D eigenvalue weighted by Gasteiger charge is -2.07. The van der Waals surface area contributed by atoms with E-state index in [1.54, 1.807) is 19.1 Å². The molecule has 2 aromatic carbocycles. The Morgan fingerprint density at radius 1 is 1.09 bits per heavy atom. The Kier molecular flexibility index (Phi) is 5.42. The molecule has 0 heterocycles. The van der Waals surface area contributed by atoms with E-state index in [-0.39, 0.29) is 11.6 Å². The maximum Gasteiger partial charge on any atom is 0.160 e. The number of hydrogen-bond donors (Lipinski definition) is 0. The molecular weight excluding hydrogens is 275 g/mol. The number of ketones is 1. The lowest BCUT2D eigenvalue weighted by atomic mass is 9.97. The summed E-state index contributed by atoms with van der Waals surface area (Å²) < 4.78 is 13.6. The summed E-state index contributed by atoms with van der Waals surface area (Å²) in [4.78, 5) is 11.7. The quantitative estimate of drug-likeness (QED) is 0.682. The molecule has 112 valence electrons. The zero-order valence-corrected chi connectivity index (χ0v) is 12.8. The van der Waals surface area contributed by atoms with Gasteiger partial charge in [0.15, 0.2) is 5.78 Å². The summed E-state index contributed by atoms with van der Waals surface area (Å²) >= 11 is 0. The molecule has 0 saturated heterocycles. The Labute approximate surface area is 130 Å². The van der Waals surface area contributed by atoms with Gasteiger partial charge in [0, 0.05) is 5.56 Å². The number of carbonyl (C=O) groups is 1. The van der Waals surface area contributed by atoms with E-state index in [2.05, 4.69) is 0 Å². The van der Waals surface area contributed by atoms with Gasteiger partial charge in [-0.3, -0.25) is 4.79 Å². The molecule has 0 N–H and O–H groups in total. The van der Waals surface area contributed by atoms with Crippen LogP contribution < -0.4 is 0 Å². The van der Waals surface area contributed by atoms with E-state index in [4.69, 9.17) is 0 Å². The highest BCUT2D eigenvalue weighted by Crippen LogP contribution is 2.20. The van der Waals surface area contributed by atoms with E-state index in [0.717, 1.165) is 11.1 Å². The number of rotatable bonds is 5. The van der Waals surface area contributed by atoms with E-state index >= 15 is 0 Å². The second-order valence-corrected chi connectivity index (χ2v) is 5.06. The minimum absolute atomic E-state index is 0.0393. The highest BCUT2D eigenvalue weighted by molar-refractivity contribution is 5.99. The molecule has 0 aliphatic rings. The first kappa shape index (κ1) is 15.9. The first-order valence-electron chi connectivity index (χ1n) is 7.30. The SMILES string of the molecule is C/C=C\c1c(/C=C/Cc2ccccc2F)cccc1C(C)=O. The summed E-state index contributed by atoms with van der Waals surface area (Å²) in [5, 5.41) is 0. The van der Waals surface area contributed by atoms with Crippen molar-refractivity contribution < 1.29 is 9.18 Å². The average molecular weight is 294 g/mol. The third kappa shape index (κ3) is 3.79. The van der Waals surface area contributed by atoms with Gasteiger partial charge in [-0.15, -0.1) is 0 Å². The zero-order chi connectivity index (χ0) is 15.9. The fraction of sp³-hybridized carbons (Fsp3) is 0.150. The smallest absolute Gasteiger partial charge is 0.160 e. The Morgan fingerprint density at radius 2 is 1.86 bits per heavy atom. The molecule has 0 aliphatic carbocycles. The largest absolute Gasteiger partial charge is 0.294 e. The van der Waals surface area contributed by atoms with E-state index in [1.807, 2.05) is 55.5 Å². The number of allylic oxidation sites excluding steroid dienone is 2. The number of carbonyl (C=O) groups excluding carboxylic acids is 1. The van der Waals surface area contributed by atoms with Gasteiger partial charge in [0.25, 0.3) is 0 Å². The molecule has 0 spiro atoms. The molecule has 22 heavy (non-hydrogen) atoms. The van der Waals surface area contributed by atoms with Gasteiger partial charge in [0.2, 0.25) is 0 Å². The molecule has 0 amide bonds. The number of benzene rings is 2. The van der Waals surface area contributed by atoms with Gasteiger partial charge in [-0.25, -0.2) is 4.39 Å². The van der Waals surface area contributed by atoms with Crippen LogP contribution in [0.4, 0.5) is 4.39 Å². The highest BCUT2D eigenvalue weighted by atomic mass is 19.1. The minimum Gasteiger partial charge on any atom is -0.294 e. The molecule has 0 fully saturated rings. The predicted octanol–water partition coefficient (Wildman–Crippen LogP) is 5.32. The van der Waals surface area contributed by atoms with Gasteiger partial charge < -0.3 is 0 Å². The Hall–Kier alpha value is -2.48. The van der Waals surface area contributed by atoms with Gasteiger partial charge >= 0.3 is 0 Å². The van der Waals surface area contributed by atoms with Crippen LogP contribution in [-0.4, -0.2) is 5.78 Å². The zero-order valence-electron chi connectivity index (χ0n) is 12.8. The van der Waals surface area contributed by atoms with Crippen molar-refractivity contribution in [1.82, 2.24) is 0 Å². The summed E-state index contributed by atoms with van der Waals surface area (Å²) in [6, 6.07) is 12.4. The molecule has 0 radical (unpaired) electrons. The van der Waals surface area contributed by atoms with Crippen LogP contribution in [0.5, 0.6) is 0 Å². The minimum atomic E-state index is -0.196. The van der Waals surface area contributed by atoms with Crippen LogP contribution in [0.3, 0.4) is 0 Å². The molecule has 0 unspecified atom stereocenters. The first-order chi connectivity index (χ1) is 10.6. The molecule has 0 aliphatic heterocycles. The van der Waals surface area contributed by atoms with Crippen LogP contribution in [0.15, 0.2) is 54.6 Å². The van der Waals surface area contributed by atoms with E-state index < -0.39 is 0 Å². The Bertz CT molecular complexity index is 726. The van der Waals surface area contributed by atoms with Crippen molar-refractivity contribution in [2.45, 2.75) is 20.3 Å². The number of hydrogen-bond acceptors (Lipinski definition) is 1. The van der Waals surface area contributed by atoms with Crippen LogP contribution >= 0.6 is 0 Å². The highest BCUT2D eigenvalue weighted by Gasteiger charge is 2.07. The third-order valence-corrected chi connectivity index (χ3v) is 3.45. The van der Waals surface area contributed by atoms with Gasteiger partial charge in [-0.2, -0.15) is 0 Å². The Morgan fingerprint density at radius 3 is 2.55 bits per heavy atom. The van der Waals surface area contributed by atoms with Crippen LogP contribution in [0, 0.1) is 5.82 Å². The molecule has 2 rings (SSSR count). The molecule has 1 nitrogen and oxygen atoms in total. The van der Waals surface area contributed by atoms with Crippen LogP contribution in [-0.2, 0) is 6.42 Å². The van der Waals surface area contributed by atoms with Crippen molar-refractivity contribution >= 4 is 17.9 Å². The standard InChI is InChI=1S/C20H19FO/c1-3-8-19-16(11-7-13-18(19)15(2)22)10-6-12-17-9-4-5-14-20(17)21/h3-11,13-14H,12H2,1-2H3/b8-3-,10-6+. The first-order valence-corrected chi connectivity index (χ1v) is 7.30. The van der Waals surface area contributed by atoms with E-state index in [1.165, 1.54) is 6.07 Å². The van der Waals surface area contributed by atoms with Gasteiger partial charge in [-0.05, 0) is 43.0 Å². The second-order valence-electron chi connectivity index (χ2n) is 5.06. The van der Waals surface area contributed by atoms with Crippen LogP contribution in [0.1, 0.15) is 40.9 Å². The van der Waals surface area contributed by atoms with Crippen molar-refractivity contribution in [3.8, 4) is 0 Å². The molecule has 2 aromatic rings. The fourth-order valence-electron chi connectivity index (χ4n) is 2.36. The van der Waals surface area contributed by atoms with Gasteiger partial charge in [0.05, 0.1) is 0 Å². The summed E-state index contributed by atoms with van der Waals surface area (Å²) in [6.07, 6.45) is 8.22. The second kappa shape index (κ2) is 7.51. The molecular formula is C20H19FO. The lowest BCUT2D eigenvalue weighted by Crippen LogP contribution is -1.97. The average Bonchev–Trinajstić information content (AvgIpc) is 2.50. The maximum absolute atomic E-state index is 13.6. The van der Waals surface area contributed by atoms with Gasteiger partial charge in [0.1, 0.15) is 5.82 Å². The van der Waals surface area contributed by atoms with Crippen molar-refractivity contribution in [3.63, 3.8) is 0 Å². The van der Waals surface area contributed by atoms with Crippen molar-refractivity contribution in [1.29, 1.82) is 0 Å². The van der Waals surface area contributed by atoms with E-state index in [0.29, 0.717) is 17.5 Å². The van der Waals surface area contributed by atoms with Crippen LogP contribution in [0.2, 0.25) is 0 Å². The summed E-state index contributed by atoms with van der Waals surface area (Å²) in [5.74, 6) is -0.157. The normalized spacial score (nSPS) is 11.4. The molecule has 0 saturated carbocycles. The van der Waals surface area contributed by atoms with Gasteiger partial charge in [-0.1, -0.05) is 60.7 Å². The Balaban J connectivity index is 2.29. The third-order valence-electron chi connectivity index (χ3n) is 3.45. The topological polar surface area (TPSA) is 17.1 Å². The fourth-order valence-corrected chi connectivity index (χ4v) is 2.36. The number of Topliss-reactive ketones (excluding diaryl/α,β-unsaturated/α-hetero) is 1. The molecule has 0 aromatic heterocycles. The van der Waals surface area contributed by atoms with Crippen molar-refractivity contribution in [3.05, 3.63) is 82.7 Å². The van der Waals surface area contributed by atoms with E-state index in [9.17, 15) is 9.18 Å². The molecule has 2 heteroatoms. The summed E-state index contributed by atoms with van der Waals surface area (Å²) in [5.41, 5.74) is 3.23. The maximum atomic E-state index is 13.6. The predicted molar refractivity (Wildman–Crippen MR) is 90.3 cm³/mol. The summed E-state index contributed by atoms with van der Waals surface area (Å²) in [6.45, 7) is 3.49. The molecule has 0 atom stereocenters. The monoisotopic (exact) mass is 294 g/mol. The van der Waals surface area contributed by atoms with Crippen molar-refractivity contribution in [2.75, 3.05) is 0 Å². The number of halogens is 1. The lowest BCUT2D eigenvalue weighted by molar-refractivity contribution is 0.101. The van der Waals surface area contributed by atoms with Crippen molar-refractivity contribution in [2.24, 2.45) is 0 Å². The summed E-state index contributed by atoms with van der Waals surface area (Å²) in [7, 11) is 0.